The van der Waals surface area contributed by atoms with E-state index in [-0.39, 0.29) is 22.6 Å². The van der Waals surface area contributed by atoms with Gasteiger partial charge in [0.2, 0.25) is 0 Å². The lowest BCUT2D eigenvalue weighted by molar-refractivity contribution is 0.212. The Balaban J connectivity index is 1.75. The summed E-state index contributed by atoms with van der Waals surface area (Å²) in [5.41, 5.74) is 2.25. The molecule has 2 atom stereocenters. The maximum Gasteiger partial charge on any atom is 0.181 e. The molecule has 138 valence electrons. The van der Waals surface area contributed by atoms with Crippen molar-refractivity contribution in [1.82, 2.24) is 15.2 Å². The van der Waals surface area contributed by atoms with Crippen LogP contribution in [0.15, 0.2) is 35.1 Å². The largest absolute Gasteiger partial charge is 0.447 e. The minimum absolute atomic E-state index is 0.127. The molecule has 0 N–H and O–H groups in total. The summed E-state index contributed by atoms with van der Waals surface area (Å²) in [6, 6.07) is 5.64. The van der Waals surface area contributed by atoms with Crippen LogP contribution < -0.4 is 0 Å². The third-order valence-electron chi connectivity index (χ3n) is 6.73. The standard InChI is InChI=1S/C21H19F2N3O/c1-11-19(27-10-24-11)21-8-7-13(20(21,2)3)12-9-16(25-26-18(12)21)17-14(22)5-4-6-15(17)23/h4-6,9-10,13H,7-8H2,1-3H3/t13-,21+/m1/s1. The summed E-state index contributed by atoms with van der Waals surface area (Å²) >= 11 is 0. The molecular formula is C21H19F2N3O. The Morgan fingerprint density at radius 2 is 1.89 bits per heavy atom. The molecule has 2 aromatic heterocycles. The van der Waals surface area contributed by atoms with Gasteiger partial charge in [-0.05, 0) is 54.9 Å². The van der Waals surface area contributed by atoms with Crippen molar-refractivity contribution in [3.63, 3.8) is 0 Å². The fourth-order valence-electron chi connectivity index (χ4n) is 5.40. The van der Waals surface area contributed by atoms with Crippen molar-refractivity contribution in [3.8, 4) is 11.3 Å². The molecule has 2 heterocycles. The van der Waals surface area contributed by atoms with Gasteiger partial charge in [0.15, 0.2) is 6.39 Å². The zero-order chi connectivity index (χ0) is 19.0. The molecule has 1 saturated carbocycles. The highest BCUT2D eigenvalue weighted by atomic mass is 19.1. The molecule has 0 aliphatic heterocycles. The summed E-state index contributed by atoms with van der Waals surface area (Å²) in [5.74, 6) is -0.214. The smallest absolute Gasteiger partial charge is 0.181 e. The maximum absolute atomic E-state index is 14.2. The van der Waals surface area contributed by atoms with Crippen molar-refractivity contribution in [2.45, 2.75) is 44.9 Å². The molecule has 0 unspecified atom stereocenters. The van der Waals surface area contributed by atoms with Crippen LogP contribution in [0.25, 0.3) is 11.3 Å². The van der Waals surface area contributed by atoms with E-state index in [4.69, 9.17) is 4.42 Å². The molecule has 0 radical (unpaired) electrons. The minimum atomic E-state index is -0.632. The van der Waals surface area contributed by atoms with Gasteiger partial charge in [-0.25, -0.2) is 13.8 Å². The summed E-state index contributed by atoms with van der Waals surface area (Å²) < 4.78 is 34.3. The summed E-state index contributed by atoms with van der Waals surface area (Å²) in [6.45, 7) is 6.35. The number of aromatic nitrogens is 3. The average molecular weight is 367 g/mol. The average Bonchev–Trinajstić information content (AvgIpc) is 3.22. The fourth-order valence-corrected chi connectivity index (χ4v) is 5.40. The van der Waals surface area contributed by atoms with Crippen molar-refractivity contribution >= 4 is 0 Å². The lowest BCUT2D eigenvalue weighted by Crippen LogP contribution is -2.37. The predicted molar refractivity (Wildman–Crippen MR) is 95.2 cm³/mol. The van der Waals surface area contributed by atoms with E-state index in [1.807, 2.05) is 13.0 Å². The summed E-state index contributed by atoms with van der Waals surface area (Å²) in [4.78, 5) is 4.29. The van der Waals surface area contributed by atoms with Gasteiger partial charge in [0.05, 0.1) is 28.1 Å². The van der Waals surface area contributed by atoms with Crippen LogP contribution >= 0.6 is 0 Å². The number of rotatable bonds is 2. The van der Waals surface area contributed by atoms with Gasteiger partial charge in [0.25, 0.3) is 0 Å². The zero-order valence-corrected chi connectivity index (χ0v) is 15.4. The van der Waals surface area contributed by atoms with Crippen LogP contribution in [0, 0.1) is 24.0 Å². The molecule has 3 aromatic rings. The number of aryl methyl sites for hydroxylation is 1. The van der Waals surface area contributed by atoms with Crippen molar-refractivity contribution in [2.75, 3.05) is 0 Å². The molecule has 27 heavy (non-hydrogen) atoms. The summed E-state index contributed by atoms with van der Waals surface area (Å²) in [5, 5.41) is 8.71. The van der Waals surface area contributed by atoms with Crippen molar-refractivity contribution in [3.05, 3.63) is 65.0 Å². The van der Waals surface area contributed by atoms with Gasteiger partial charge >= 0.3 is 0 Å². The molecular weight excluding hydrogens is 348 g/mol. The van der Waals surface area contributed by atoms with E-state index < -0.39 is 17.0 Å². The molecule has 2 bridgehead atoms. The number of hydrogen-bond acceptors (Lipinski definition) is 4. The fraction of sp³-hybridized carbons (Fsp3) is 0.381. The number of hydrogen-bond donors (Lipinski definition) is 0. The second kappa shape index (κ2) is 5.21. The normalized spacial score (nSPS) is 25.0. The van der Waals surface area contributed by atoms with Crippen molar-refractivity contribution in [1.29, 1.82) is 0 Å². The number of halogens is 2. The van der Waals surface area contributed by atoms with Gasteiger partial charge in [-0.2, -0.15) is 5.10 Å². The lowest BCUT2D eigenvalue weighted by atomic mass is 9.66. The van der Waals surface area contributed by atoms with Gasteiger partial charge in [0.1, 0.15) is 17.4 Å². The molecule has 6 heteroatoms. The summed E-state index contributed by atoms with van der Waals surface area (Å²) in [6.07, 6.45) is 3.33. The Morgan fingerprint density at radius 3 is 2.56 bits per heavy atom. The molecule has 0 amide bonds. The van der Waals surface area contributed by atoms with Gasteiger partial charge in [-0.15, -0.1) is 5.10 Å². The molecule has 5 rings (SSSR count). The van der Waals surface area contributed by atoms with E-state index >= 15 is 0 Å². The number of fused-ring (bicyclic) bond motifs is 5. The van der Waals surface area contributed by atoms with Crippen LogP contribution in [0.3, 0.4) is 0 Å². The molecule has 0 saturated heterocycles. The highest BCUT2D eigenvalue weighted by Gasteiger charge is 2.66. The first-order valence-corrected chi connectivity index (χ1v) is 9.11. The second-order valence-electron chi connectivity index (χ2n) is 8.12. The first kappa shape index (κ1) is 16.5. The number of oxazole rings is 1. The predicted octanol–water partition coefficient (Wildman–Crippen LogP) is 4.92. The van der Waals surface area contributed by atoms with Gasteiger partial charge in [-0.1, -0.05) is 19.9 Å². The van der Waals surface area contributed by atoms with E-state index in [9.17, 15) is 8.78 Å². The molecule has 0 spiro atoms. The minimum Gasteiger partial charge on any atom is -0.447 e. The highest BCUT2D eigenvalue weighted by Crippen LogP contribution is 2.70. The number of benzene rings is 1. The van der Waals surface area contributed by atoms with Crippen LogP contribution in [-0.4, -0.2) is 15.2 Å². The Morgan fingerprint density at radius 1 is 1.15 bits per heavy atom. The second-order valence-corrected chi connectivity index (χ2v) is 8.12. The topological polar surface area (TPSA) is 51.8 Å². The Hall–Kier alpha value is -2.63. The molecule has 2 aliphatic rings. The first-order valence-electron chi connectivity index (χ1n) is 9.11. The molecule has 1 fully saturated rings. The molecule has 4 nitrogen and oxygen atoms in total. The SMILES string of the molecule is Cc1ncoc1[C@]12CC[C@H](c3cc(-c4c(F)cccc4F)nnc31)C2(C)C. The van der Waals surface area contributed by atoms with E-state index in [1.165, 1.54) is 24.6 Å². The Labute approximate surface area is 155 Å². The monoisotopic (exact) mass is 367 g/mol. The van der Waals surface area contributed by atoms with Gasteiger partial charge < -0.3 is 4.42 Å². The van der Waals surface area contributed by atoms with Crippen LogP contribution in [-0.2, 0) is 5.41 Å². The van der Waals surface area contributed by atoms with E-state index in [2.05, 4.69) is 29.0 Å². The van der Waals surface area contributed by atoms with E-state index in [1.54, 1.807) is 0 Å². The van der Waals surface area contributed by atoms with Crippen LogP contribution in [0.5, 0.6) is 0 Å². The van der Waals surface area contributed by atoms with Crippen LogP contribution in [0.2, 0.25) is 0 Å². The lowest BCUT2D eigenvalue weighted by Gasteiger charge is -2.36. The zero-order valence-electron chi connectivity index (χ0n) is 15.4. The Kier molecular flexibility index (Phi) is 3.19. The van der Waals surface area contributed by atoms with E-state index in [0.29, 0.717) is 0 Å². The van der Waals surface area contributed by atoms with Gasteiger partial charge in [0, 0.05) is 0 Å². The van der Waals surface area contributed by atoms with Crippen molar-refractivity contribution in [2.24, 2.45) is 5.41 Å². The maximum atomic E-state index is 14.2. The van der Waals surface area contributed by atoms with Crippen LogP contribution in [0.4, 0.5) is 8.78 Å². The first-order chi connectivity index (χ1) is 12.9. The van der Waals surface area contributed by atoms with Crippen molar-refractivity contribution < 1.29 is 13.2 Å². The Bertz CT molecular complexity index is 1050. The third kappa shape index (κ3) is 1.88. The van der Waals surface area contributed by atoms with E-state index in [0.717, 1.165) is 35.6 Å². The molecule has 2 aliphatic carbocycles. The third-order valence-corrected chi connectivity index (χ3v) is 6.73. The number of nitrogens with zero attached hydrogens (tertiary/aromatic N) is 3. The molecule has 1 aromatic carbocycles. The van der Waals surface area contributed by atoms with Crippen LogP contribution in [0.1, 0.15) is 55.3 Å². The quantitative estimate of drug-likeness (QED) is 0.645. The highest BCUT2D eigenvalue weighted by molar-refractivity contribution is 5.64. The summed E-state index contributed by atoms with van der Waals surface area (Å²) in [7, 11) is 0. The van der Waals surface area contributed by atoms with Gasteiger partial charge in [-0.3, -0.25) is 0 Å².